The molecule has 0 bridgehead atoms. The Morgan fingerprint density at radius 2 is 2.03 bits per heavy atom. The van der Waals surface area contributed by atoms with Crippen molar-refractivity contribution < 1.29 is 0 Å². The molecule has 0 amide bonds. The minimum absolute atomic E-state index is 0.394. The minimum Gasteiger partial charge on any atom is -0.357 e. The smallest absolute Gasteiger partial charge is 0.182 e. The summed E-state index contributed by atoms with van der Waals surface area (Å²) in [6.45, 7) is 9.04. The van der Waals surface area contributed by atoms with Gasteiger partial charge in [0, 0.05) is 45.2 Å². The molecule has 8 nitrogen and oxygen atoms in total. The van der Waals surface area contributed by atoms with Gasteiger partial charge in [-0.15, -0.1) is 10.2 Å². The fourth-order valence-electron chi connectivity index (χ4n) is 4.91. The molecule has 3 aromatic heterocycles. The molecule has 0 fully saturated rings. The number of hydrogen-bond donors (Lipinski definition) is 1. The van der Waals surface area contributed by atoms with Crippen molar-refractivity contribution in [2.75, 3.05) is 23.9 Å². The molecular weight excluding hydrogens is 412 g/mol. The molecule has 5 rings (SSSR count). The third kappa shape index (κ3) is 3.97. The lowest BCUT2D eigenvalue weighted by molar-refractivity contribution is 0.429. The predicted molar refractivity (Wildman–Crippen MR) is 131 cm³/mol. The van der Waals surface area contributed by atoms with Gasteiger partial charge in [0.1, 0.15) is 23.2 Å². The molecule has 2 aliphatic rings. The summed E-state index contributed by atoms with van der Waals surface area (Å²) in [4.78, 5) is 14.6. The Morgan fingerprint density at radius 1 is 1.18 bits per heavy atom. The van der Waals surface area contributed by atoms with Crippen molar-refractivity contribution >= 4 is 11.6 Å². The zero-order valence-electron chi connectivity index (χ0n) is 20.3. The van der Waals surface area contributed by atoms with Crippen LogP contribution in [0.25, 0.3) is 11.5 Å². The van der Waals surface area contributed by atoms with E-state index in [9.17, 15) is 0 Å². The third-order valence-corrected chi connectivity index (χ3v) is 7.00. The van der Waals surface area contributed by atoms with Crippen LogP contribution in [0.5, 0.6) is 0 Å². The molecule has 0 aromatic carbocycles. The Labute approximate surface area is 196 Å². The highest BCUT2D eigenvalue weighted by Crippen LogP contribution is 2.34. The van der Waals surface area contributed by atoms with E-state index in [1.807, 2.05) is 7.05 Å². The highest BCUT2D eigenvalue weighted by molar-refractivity contribution is 5.58. The zero-order valence-corrected chi connectivity index (χ0v) is 20.3. The summed E-state index contributed by atoms with van der Waals surface area (Å²) in [7, 11) is 4.09. The van der Waals surface area contributed by atoms with Crippen LogP contribution in [-0.4, -0.2) is 44.9 Å². The SMILES string of the molecule is CNCc1nc(N(C)C(C)C)cc2c1CN(c1cccc(-c3nnc4n3[C@@H](C)CCC4)n1)C2. The first-order valence-electron chi connectivity index (χ1n) is 12.0. The molecule has 1 atom stereocenters. The second-order valence-corrected chi connectivity index (χ2v) is 9.59. The molecule has 174 valence electrons. The number of aryl methyl sites for hydroxylation is 1. The van der Waals surface area contributed by atoms with E-state index in [1.54, 1.807) is 0 Å². The normalized spacial score (nSPS) is 17.4. The van der Waals surface area contributed by atoms with Crippen molar-refractivity contribution in [2.24, 2.45) is 0 Å². The van der Waals surface area contributed by atoms with Gasteiger partial charge in [-0.2, -0.15) is 0 Å². The summed E-state index contributed by atoms with van der Waals surface area (Å²) in [5.74, 6) is 3.96. The highest BCUT2D eigenvalue weighted by atomic mass is 15.3. The van der Waals surface area contributed by atoms with E-state index in [2.05, 4.69) is 82.0 Å². The summed E-state index contributed by atoms with van der Waals surface area (Å²) in [5, 5.41) is 12.3. The fraction of sp³-hybridized carbons (Fsp3) is 0.520. The van der Waals surface area contributed by atoms with Crippen LogP contribution < -0.4 is 15.1 Å². The lowest BCUT2D eigenvalue weighted by atomic mass is 10.1. The molecule has 0 saturated carbocycles. The molecule has 2 aliphatic heterocycles. The standard InChI is InChI=1S/C25H34N8/c1-16(2)31(5)24-12-18-14-32(15-19(18)21(28-24)13-26-4)22-10-7-9-20(27-22)25-30-29-23-11-6-8-17(3)33(23)25/h7,9-10,12,16-17,26H,6,8,11,13-15H2,1-5H3/t17-/m0/s1. The average molecular weight is 447 g/mol. The number of rotatable bonds is 6. The minimum atomic E-state index is 0.394. The van der Waals surface area contributed by atoms with Crippen LogP contribution in [0.2, 0.25) is 0 Å². The molecule has 0 radical (unpaired) electrons. The van der Waals surface area contributed by atoms with Gasteiger partial charge in [-0.05, 0) is 70.0 Å². The molecular formula is C25H34N8. The molecule has 8 heteroatoms. The molecule has 0 saturated heterocycles. The lowest BCUT2D eigenvalue weighted by Gasteiger charge is -2.24. The van der Waals surface area contributed by atoms with Gasteiger partial charge in [-0.1, -0.05) is 6.07 Å². The van der Waals surface area contributed by atoms with Gasteiger partial charge >= 0.3 is 0 Å². The van der Waals surface area contributed by atoms with E-state index in [-0.39, 0.29) is 0 Å². The molecule has 1 N–H and O–H groups in total. The maximum absolute atomic E-state index is 5.04. The Kier molecular flexibility index (Phi) is 5.78. The fourth-order valence-corrected chi connectivity index (χ4v) is 4.91. The number of anilines is 2. The highest BCUT2D eigenvalue weighted by Gasteiger charge is 2.27. The Hall–Kier alpha value is -3.00. The van der Waals surface area contributed by atoms with Crippen LogP contribution in [-0.2, 0) is 26.1 Å². The van der Waals surface area contributed by atoms with Crippen molar-refractivity contribution in [1.29, 1.82) is 0 Å². The molecule has 3 aromatic rings. The van der Waals surface area contributed by atoms with Crippen LogP contribution in [0.3, 0.4) is 0 Å². The average Bonchev–Trinajstić information content (AvgIpc) is 3.44. The summed E-state index contributed by atoms with van der Waals surface area (Å²) in [6, 6.07) is 9.28. The molecule has 0 unspecified atom stereocenters. The number of hydrogen-bond acceptors (Lipinski definition) is 7. The van der Waals surface area contributed by atoms with Crippen molar-refractivity contribution in [3.05, 3.63) is 46.9 Å². The Morgan fingerprint density at radius 3 is 2.82 bits per heavy atom. The Bertz CT molecular complexity index is 1150. The monoisotopic (exact) mass is 446 g/mol. The zero-order chi connectivity index (χ0) is 23.1. The number of pyridine rings is 2. The van der Waals surface area contributed by atoms with Gasteiger partial charge in [-0.3, -0.25) is 0 Å². The predicted octanol–water partition coefficient (Wildman–Crippen LogP) is 3.72. The Balaban J connectivity index is 1.46. The van der Waals surface area contributed by atoms with Crippen molar-refractivity contribution in [1.82, 2.24) is 30.0 Å². The lowest BCUT2D eigenvalue weighted by Crippen LogP contribution is -2.27. The van der Waals surface area contributed by atoms with Gasteiger partial charge in [0.25, 0.3) is 0 Å². The van der Waals surface area contributed by atoms with E-state index >= 15 is 0 Å². The maximum Gasteiger partial charge on any atom is 0.182 e. The second-order valence-electron chi connectivity index (χ2n) is 9.59. The molecule has 0 aliphatic carbocycles. The van der Waals surface area contributed by atoms with Gasteiger partial charge in [0.05, 0.1) is 5.69 Å². The van der Waals surface area contributed by atoms with Crippen LogP contribution >= 0.6 is 0 Å². The topological polar surface area (TPSA) is 75.0 Å². The molecule has 5 heterocycles. The number of fused-ring (bicyclic) bond motifs is 2. The van der Waals surface area contributed by atoms with E-state index in [0.29, 0.717) is 12.1 Å². The first-order chi connectivity index (χ1) is 16.0. The maximum atomic E-state index is 5.04. The van der Waals surface area contributed by atoms with Gasteiger partial charge < -0.3 is 19.7 Å². The first-order valence-corrected chi connectivity index (χ1v) is 12.0. The third-order valence-electron chi connectivity index (χ3n) is 7.00. The van der Waals surface area contributed by atoms with Crippen molar-refractivity contribution in [3.63, 3.8) is 0 Å². The van der Waals surface area contributed by atoms with Crippen LogP contribution in [0, 0.1) is 0 Å². The first kappa shape index (κ1) is 21.8. The van der Waals surface area contributed by atoms with E-state index in [1.165, 1.54) is 17.5 Å². The van der Waals surface area contributed by atoms with Crippen LogP contribution in [0.15, 0.2) is 24.3 Å². The van der Waals surface area contributed by atoms with Gasteiger partial charge in [0.2, 0.25) is 0 Å². The van der Waals surface area contributed by atoms with Gasteiger partial charge in [0.15, 0.2) is 5.82 Å². The van der Waals surface area contributed by atoms with E-state index < -0.39 is 0 Å². The molecule has 0 spiro atoms. The quantitative estimate of drug-likeness (QED) is 0.618. The van der Waals surface area contributed by atoms with Crippen molar-refractivity contribution in [3.8, 4) is 11.5 Å². The van der Waals surface area contributed by atoms with Crippen LogP contribution in [0.1, 0.15) is 62.3 Å². The van der Waals surface area contributed by atoms with Gasteiger partial charge in [-0.25, -0.2) is 9.97 Å². The van der Waals surface area contributed by atoms with E-state index in [0.717, 1.165) is 67.1 Å². The molecule has 33 heavy (non-hydrogen) atoms. The number of aromatic nitrogens is 5. The summed E-state index contributed by atoms with van der Waals surface area (Å²) < 4.78 is 2.28. The second kappa shape index (κ2) is 8.74. The summed E-state index contributed by atoms with van der Waals surface area (Å²) in [5.41, 5.74) is 4.66. The largest absolute Gasteiger partial charge is 0.357 e. The summed E-state index contributed by atoms with van der Waals surface area (Å²) in [6.07, 6.45) is 3.33. The van der Waals surface area contributed by atoms with Crippen LogP contribution in [0.4, 0.5) is 11.6 Å². The summed E-state index contributed by atoms with van der Waals surface area (Å²) >= 11 is 0. The van der Waals surface area contributed by atoms with E-state index in [4.69, 9.17) is 9.97 Å². The number of nitrogens with one attached hydrogen (secondary N) is 1. The van der Waals surface area contributed by atoms with Crippen molar-refractivity contribution in [2.45, 2.75) is 71.8 Å². The number of nitrogens with zero attached hydrogens (tertiary/aromatic N) is 7.